The summed E-state index contributed by atoms with van der Waals surface area (Å²) in [5.41, 5.74) is 6.53. The Labute approximate surface area is 116 Å². The molecule has 0 aliphatic heterocycles. The molecule has 100 valence electrons. The molecule has 0 spiro atoms. The third kappa shape index (κ3) is 2.36. The number of carbonyl (C=O) groups is 1. The van der Waals surface area contributed by atoms with Gasteiger partial charge in [0, 0.05) is 0 Å². The highest BCUT2D eigenvalue weighted by Gasteiger charge is 2.12. The molecular weight excluding hydrogens is 250 g/mol. The standard InChI is InChI=1S/C17H15NO2/c18-16(17(19)20)8-11-5-6-14-9-12-3-1-2-4-13(12)10-15(14)7-11/h1-7,9-10,16H,8,18H2,(H,19,20)/t16-/m0/s1. The Hall–Kier alpha value is -2.39. The van der Waals surface area contributed by atoms with Crippen LogP contribution >= 0.6 is 0 Å². The molecule has 0 aliphatic carbocycles. The number of rotatable bonds is 3. The fourth-order valence-corrected chi connectivity index (χ4v) is 2.46. The molecule has 20 heavy (non-hydrogen) atoms. The molecule has 3 N–H and O–H groups in total. The Kier molecular flexibility index (Phi) is 3.12. The van der Waals surface area contributed by atoms with Crippen LogP contribution < -0.4 is 5.73 Å². The minimum absolute atomic E-state index is 0.345. The Bertz CT molecular complexity index is 795. The number of carboxylic acids is 1. The second-order valence-corrected chi connectivity index (χ2v) is 5.03. The topological polar surface area (TPSA) is 63.3 Å². The number of benzene rings is 3. The summed E-state index contributed by atoms with van der Waals surface area (Å²) >= 11 is 0. The largest absolute Gasteiger partial charge is 0.480 e. The molecule has 0 aromatic heterocycles. The van der Waals surface area contributed by atoms with Gasteiger partial charge < -0.3 is 10.8 Å². The Morgan fingerprint density at radius 1 is 0.950 bits per heavy atom. The molecule has 0 radical (unpaired) electrons. The highest BCUT2D eigenvalue weighted by atomic mass is 16.4. The van der Waals surface area contributed by atoms with Gasteiger partial charge in [-0.25, -0.2) is 0 Å². The zero-order valence-electron chi connectivity index (χ0n) is 10.9. The first-order valence-corrected chi connectivity index (χ1v) is 6.53. The number of nitrogens with two attached hydrogens (primary N) is 1. The zero-order valence-corrected chi connectivity index (χ0v) is 10.9. The summed E-state index contributed by atoms with van der Waals surface area (Å²) in [5, 5.41) is 13.5. The molecule has 3 nitrogen and oxygen atoms in total. The summed E-state index contributed by atoms with van der Waals surface area (Å²) in [7, 11) is 0. The maximum absolute atomic E-state index is 10.8. The lowest BCUT2D eigenvalue weighted by atomic mass is 9.99. The van der Waals surface area contributed by atoms with Crippen LogP contribution in [0.2, 0.25) is 0 Å². The third-order valence-electron chi connectivity index (χ3n) is 3.54. The molecule has 0 saturated carbocycles. The number of aliphatic carboxylic acids is 1. The highest BCUT2D eigenvalue weighted by molar-refractivity contribution is 5.98. The van der Waals surface area contributed by atoms with E-state index in [2.05, 4.69) is 24.3 Å². The average Bonchev–Trinajstić information content (AvgIpc) is 2.45. The molecule has 0 saturated heterocycles. The minimum Gasteiger partial charge on any atom is -0.480 e. The van der Waals surface area contributed by atoms with Gasteiger partial charge in [0.15, 0.2) is 0 Å². The van der Waals surface area contributed by atoms with Gasteiger partial charge >= 0.3 is 5.97 Å². The zero-order chi connectivity index (χ0) is 14.1. The van der Waals surface area contributed by atoms with E-state index in [1.807, 2.05) is 30.3 Å². The monoisotopic (exact) mass is 265 g/mol. The van der Waals surface area contributed by atoms with Gasteiger partial charge in [0.25, 0.3) is 0 Å². The Morgan fingerprint density at radius 3 is 2.20 bits per heavy atom. The number of hydrogen-bond acceptors (Lipinski definition) is 2. The van der Waals surface area contributed by atoms with Crippen LogP contribution in [0.3, 0.4) is 0 Å². The third-order valence-corrected chi connectivity index (χ3v) is 3.54. The van der Waals surface area contributed by atoms with Crippen LogP contribution in [-0.2, 0) is 11.2 Å². The molecule has 3 aromatic carbocycles. The van der Waals surface area contributed by atoms with Crippen molar-refractivity contribution in [2.45, 2.75) is 12.5 Å². The van der Waals surface area contributed by atoms with Crippen LogP contribution in [0, 0.1) is 0 Å². The van der Waals surface area contributed by atoms with E-state index in [0.29, 0.717) is 6.42 Å². The van der Waals surface area contributed by atoms with Gasteiger partial charge in [0.2, 0.25) is 0 Å². The van der Waals surface area contributed by atoms with Crippen LogP contribution in [0.5, 0.6) is 0 Å². The second-order valence-electron chi connectivity index (χ2n) is 5.03. The van der Waals surface area contributed by atoms with Gasteiger partial charge in [-0.15, -0.1) is 0 Å². The van der Waals surface area contributed by atoms with Crippen molar-refractivity contribution in [1.29, 1.82) is 0 Å². The van der Waals surface area contributed by atoms with E-state index in [-0.39, 0.29) is 0 Å². The van der Waals surface area contributed by atoms with E-state index in [1.54, 1.807) is 0 Å². The summed E-state index contributed by atoms with van der Waals surface area (Å²) in [5.74, 6) is -0.969. The van der Waals surface area contributed by atoms with E-state index < -0.39 is 12.0 Å². The number of carboxylic acid groups (broad SMARTS) is 1. The lowest BCUT2D eigenvalue weighted by Crippen LogP contribution is -2.32. The summed E-state index contributed by atoms with van der Waals surface area (Å²) in [6, 6.07) is 17.6. The van der Waals surface area contributed by atoms with Gasteiger partial charge in [-0.05, 0) is 45.7 Å². The normalized spacial score (nSPS) is 12.7. The van der Waals surface area contributed by atoms with Crippen molar-refractivity contribution in [2.24, 2.45) is 5.73 Å². The molecular formula is C17H15NO2. The quantitative estimate of drug-likeness (QED) is 0.716. The fourth-order valence-electron chi connectivity index (χ4n) is 2.46. The van der Waals surface area contributed by atoms with Gasteiger partial charge in [0.1, 0.15) is 6.04 Å². The minimum atomic E-state index is -0.969. The van der Waals surface area contributed by atoms with Crippen molar-refractivity contribution in [3.63, 3.8) is 0 Å². The van der Waals surface area contributed by atoms with Gasteiger partial charge in [0.05, 0.1) is 0 Å². The predicted molar refractivity (Wildman–Crippen MR) is 80.8 cm³/mol. The lowest BCUT2D eigenvalue weighted by molar-refractivity contribution is -0.138. The number of fused-ring (bicyclic) bond motifs is 2. The maximum atomic E-state index is 10.8. The first-order chi connectivity index (χ1) is 9.63. The summed E-state index contributed by atoms with van der Waals surface area (Å²) in [4.78, 5) is 10.8. The molecule has 3 heteroatoms. The van der Waals surface area contributed by atoms with Crippen LogP contribution in [0.4, 0.5) is 0 Å². The summed E-state index contributed by atoms with van der Waals surface area (Å²) < 4.78 is 0. The molecule has 1 atom stereocenters. The molecule has 0 fully saturated rings. The van der Waals surface area contributed by atoms with Crippen molar-refractivity contribution in [1.82, 2.24) is 0 Å². The van der Waals surface area contributed by atoms with Crippen molar-refractivity contribution in [3.05, 3.63) is 60.2 Å². The smallest absolute Gasteiger partial charge is 0.320 e. The van der Waals surface area contributed by atoms with E-state index >= 15 is 0 Å². The molecule has 3 rings (SSSR count). The van der Waals surface area contributed by atoms with Crippen molar-refractivity contribution in [3.8, 4) is 0 Å². The molecule has 0 unspecified atom stereocenters. The van der Waals surface area contributed by atoms with Crippen molar-refractivity contribution in [2.75, 3.05) is 0 Å². The molecule has 0 amide bonds. The first kappa shape index (κ1) is 12.6. The van der Waals surface area contributed by atoms with Crippen LogP contribution in [-0.4, -0.2) is 17.1 Å². The summed E-state index contributed by atoms with van der Waals surface area (Å²) in [6.45, 7) is 0. The highest BCUT2D eigenvalue weighted by Crippen LogP contribution is 2.24. The van der Waals surface area contributed by atoms with Crippen LogP contribution in [0.25, 0.3) is 21.5 Å². The maximum Gasteiger partial charge on any atom is 0.320 e. The van der Waals surface area contributed by atoms with Crippen LogP contribution in [0.15, 0.2) is 54.6 Å². The van der Waals surface area contributed by atoms with E-state index in [1.165, 1.54) is 10.8 Å². The number of hydrogen-bond donors (Lipinski definition) is 2. The van der Waals surface area contributed by atoms with Crippen molar-refractivity contribution >= 4 is 27.5 Å². The van der Waals surface area contributed by atoms with Crippen molar-refractivity contribution < 1.29 is 9.90 Å². The fraction of sp³-hybridized carbons (Fsp3) is 0.118. The predicted octanol–water partition coefficient (Wildman–Crippen LogP) is 2.95. The molecule has 0 bridgehead atoms. The van der Waals surface area contributed by atoms with Gasteiger partial charge in [-0.3, -0.25) is 4.79 Å². The molecule has 0 heterocycles. The SMILES string of the molecule is N[C@@H](Cc1ccc2cc3ccccc3cc2c1)C(=O)O. The summed E-state index contributed by atoms with van der Waals surface area (Å²) in [6.07, 6.45) is 0.345. The average molecular weight is 265 g/mol. The van der Waals surface area contributed by atoms with Gasteiger partial charge in [-0.2, -0.15) is 0 Å². The van der Waals surface area contributed by atoms with E-state index in [9.17, 15) is 4.79 Å². The van der Waals surface area contributed by atoms with E-state index in [0.717, 1.165) is 16.3 Å². The molecule has 3 aromatic rings. The van der Waals surface area contributed by atoms with Gasteiger partial charge in [-0.1, -0.05) is 42.5 Å². The Balaban J connectivity index is 2.06. The van der Waals surface area contributed by atoms with Crippen LogP contribution in [0.1, 0.15) is 5.56 Å². The Morgan fingerprint density at radius 2 is 1.55 bits per heavy atom. The lowest BCUT2D eigenvalue weighted by Gasteiger charge is -2.08. The first-order valence-electron chi connectivity index (χ1n) is 6.53. The second kappa shape index (κ2) is 4.94. The molecule has 0 aliphatic rings. The van der Waals surface area contributed by atoms with E-state index in [4.69, 9.17) is 10.8 Å².